The molecular formula is C18H18N6O2. The van der Waals surface area contributed by atoms with E-state index >= 15 is 0 Å². The van der Waals surface area contributed by atoms with Crippen molar-refractivity contribution < 1.29 is 4.92 Å². The van der Waals surface area contributed by atoms with Gasteiger partial charge in [-0.25, -0.2) is 0 Å². The first-order valence-electron chi connectivity index (χ1n) is 7.91. The third-order valence-electron chi connectivity index (χ3n) is 3.68. The highest BCUT2D eigenvalue weighted by Crippen LogP contribution is 2.32. The lowest BCUT2D eigenvalue weighted by Crippen LogP contribution is -2.08. The van der Waals surface area contributed by atoms with E-state index in [9.17, 15) is 10.1 Å². The molecule has 3 rings (SSSR count). The van der Waals surface area contributed by atoms with Crippen molar-refractivity contribution in [3.8, 4) is 0 Å². The molecule has 4 N–H and O–H groups in total. The summed E-state index contributed by atoms with van der Waals surface area (Å²) in [4.78, 5) is 19.0. The molecule has 0 saturated heterocycles. The summed E-state index contributed by atoms with van der Waals surface area (Å²) in [5.74, 6) is -0.00965. The summed E-state index contributed by atoms with van der Waals surface area (Å²) in [5, 5.41) is 17.4. The quantitative estimate of drug-likeness (QED) is 0.468. The fourth-order valence-corrected chi connectivity index (χ4v) is 2.42. The summed E-state index contributed by atoms with van der Waals surface area (Å²) in [6, 6.07) is 15.0. The lowest BCUT2D eigenvalue weighted by Gasteiger charge is -2.11. The van der Waals surface area contributed by atoms with Crippen molar-refractivity contribution in [3.05, 3.63) is 69.8 Å². The Kier molecular flexibility index (Phi) is 4.66. The molecule has 0 radical (unpaired) electrons. The van der Waals surface area contributed by atoms with Crippen molar-refractivity contribution in [2.75, 3.05) is 16.4 Å². The molecule has 26 heavy (non-hydrogen) atoms. The van der Waals surface area contributed by atoms with Crippen LogP contribution in [0.2, 0.25) is 0 Å². The van der Waals surface area contributed by atoms with E-state index in [1.807, 2.05) is 56.3 Å². The Morgan fingerprint density at radius 1 is 0.962 bits per heavy atom. The Labute approximate surface area is 150 Å². The van der Waals surface area contributed by atoms with Gasteiger partial charge in [0.2, 0.25) is 17.6 Å². The molecule has 0 amide bonds. The van der Waals surface area contributed by atoms with E-state index in [2.05, 4.69) is 20.6 Å². The van der Waals surface area contributed by atoms with Crippen LogP contribution in [0.4, 0.5) is 34.6 Å². The van der Waals surface area contributed by atoms with Gasteiger partial charge in [-0.1, -0.05) is 29.8 Å². The van der Waals surface area contributed by atoms with Gasteiger partial charge in [0.1, 0.15) is 0 Å². The molecule has 0 atom stereocenters. The first kappa shape index (κ1) is 17.2. The van der Waals surface area contributed by atoms with E-state index in [1.165, 1.54) is 0 Å². The zero-order chi connectivity index (χ0) is 18.7. The average Bonchev–Trinajstić information content (AvgIpc) is 2.56. The minimum absolute atomic E-state index is 0.0303. The van der Waals surface area contributed by atoms with Crippen LogP contribution in [-0.2, 0) is 0 Å². The Bertz CT molecular complexity index is 956. The fraction of sp³-hybridized carbons (Fsp3) is 0.111. The van der Waals surface area contributed by atoms with Gasteiger partial charge >= 0.3 is 5.69 Å². The van der Waals surface area contributed by atoms with E-state index in [4.69, 9.17) is 5.73 Å². The highest BCUT2D eigenvalue weighted by atomic mass is 16.6. The molecule has 0 bridgehead atoms. The van der Waals surface area contributed by atoms with Crippen molar-refractivity contribution in [2.45, 2.75) is 13.8 Å². The van der Waals surface area contributed by atoms with Crippen LogP contribution in [0, 0.1) is 24.0 Å². The van der Waals surface area contributed by atoms with Crippen LogP contribution in [-0.4, -0.2) is 14.9 Å². The van der Waals surface area contributed by atoms with E-state index in [-0.39, 0.29) is 23.3 Å². The number of anilines is 5. The molecule has 0 unspecified atom stereocenters. The number of aromatic nitrogens is 2. The predicted molar refractivity (Wildman–Crippen MR) is 102 cm³/mol. The number of nitro groups is 1. The van der Waals surface area contributed by atoms with Crippen LogP contribution in [0.1, 0.15) is 11.1 Å². The molecule has 1 heterocycles. The predicted octanol–water partition coefficient (Wildman–Crippen LogP) is 4.07. The van der Waals surface area contributed by atoms with Gasteiger partial charge in [0.15, 0.2) is 0 Å². The number of hydrogen-bond acceptors (Lipinski definition) is 7. The number of rotatable bonds is 5. The molecule has 0 aliphatic carbocycles. The van der Waals surface area contributed by atoms with Gasteiger partial charge in [-0.15, -0.1) is 0 Å². The van der Waals surface area contributed by atoms with Crippen molar-refractivity contribution in [1.29, 1.82) is 0 Å². The van der Waals surface area contributed by atoms with E-state index < -0.39 is 4.92 Å². The normalized spacial score (nSPS) is 10.4. The van der Waals surface area contributed by atoms with Gasteiger partial charge in [-0.3, -0.25) is 10.1 Å². The summed E-state index contributed by atoms with van der Waals surface area (Å²) in [6.07, 6.45) is 0. The van der Waals surface area contributed by atoms with Crippen LogP contribution in [0.25, 0.3) is 0 Å². The summed E-state index contributed by atoms with van der Waals surface area (Å²) in [7, 11) is 0. The van der Waals surface area contributed by atoms with Gasteiger partial charge in [0.05, 0.1) is 4.92 Å². The third kappa shape index (κ3) is 3.86. The van der Waals surface area contributed by atoms with Crippen LogP contribution in [0.15, 0.2) is 48.5 Å². The molecule has 8 nitrogen and oxygen atoms in total. The number of nitrogens with one attached hydrogen (secondary N) is 2. The molecule has 1 aromatic heterocycles. The zero-order valence-corrected chi connectivity index (χ0v) is 14.4. The fourth-order valence-electron chi connectivity index (χ4n) is 2.42. The van der Waals surface area contributed by atoms with Crippen LogP contribution < -0.4 is 16.4 Å². The Morgan fingerprint density at radius 3 is 2.35 bits per heavy atom. The number of benzene rings is 2. The monoisotopic (exact) mass is 350 g/mol. The number of aryl methyl sites for hydroxylation is 2. The topological polar surface area (TPSA) is 119 Å². The number of nitrogens with two attached hydrogens (primary N) is 1. The second kappa shape index (κ2) is 7.06. The Morgan fingerprint density at radius 2 is 1.69 bits per heavy atom. The first-order chi connectivity index (χ1) is 12.4. The maximum absolute atomic E-state index is 11.4. The van der Waals surface area contributed by atoms with E-state index in [1.54, 1.807) is 6.07 Å². The number of hydrogen-bond donors (Lipinski definition) is 3. The molecule has 2 aromatic carbocycles. The molecule has 0 aliphatic rings. The highest BCUT2D eigenvalue weighted by molar-refractivity contribution is 5.75. The Balaban J connectivity index is 1.98. The molecule has 132 valence electrons. The molecule has 0 spiro atoms. The molecular weight excluding hydrogens is 332 g/mol. The number of nitrogen functional groups attached to an aromatic ring is 1. The maximum atomic E-state index is 11.4. The van der Waals surface area contributed by atoms with Gasteiger partial charge in [0.25, 0.3) is 0 Å². The van der Waals surface area contributed by atoms with E-state index in [0.717, 1.165) is 16.8 Å². The summed E-state index contributed by atoms with van der Waals surface area (Å²) < 4.78 is 0. The van der Waals surface area contributed by atoms with Gasteiger partial charge < -0.3 is 16.4 Å². The average molecular weight is 350 g/mol. The van der Waals surface area contributed by atoms with Crippen molar-refractivity contribution in [1.82, 2.24) is 9.97 Å². The van der Waals surface area contributed by atoms with Gasteiger partial charge in [0, 0.05) is 11.4 Å². The van der Waals surface area contributed by atoms with Crippen LogP contribution >= 0.6 is 0 Å². The lowest BCUT2D eigenvalue weighted by atomic mass is 10.2. The van der Waals surface area contributed by atoms with Crippen LogP contribution in [0.3, 0.4) is 0 Å². The first-order valence-corrected chi connectivity index (χ1v) is 7.91. The largest absolute Gasteiger partial charge is 0.378 e. The molecule has 8 heteroatoms. The number of nitrogens with zero attached hydrogens (tertiary/aromatic N) is 3. The minimum Gasteiger partial charge on any atom is -0.378 e. The SMILES string of the molecule is Cc1ccc(Nc2nc(N)c([N+](=O)[O-])c(Nc3cccc(C)c3)n2)cc1. The molecule has 0 fully saturated rings. The summed E-state index contributed by atoms with van der Waals surface area (Å²) in [6.45, 7) is 3.91. The summed E-state index contributed by atoms with van der Waals surface area (Å²) >= 11 is 0. The van der Waals surface area contributed by atoms with Crippen molar-refractivity contribution >= 4 is 34.6 Å². The van der Waals surface area contributed by atoms with Crippen molar-refractivity contribution in [2.24, 2.45) is 0 Å². The summed E-state index contributed by atoms with van der Waals surface area (Å²) in [5.41, 5.74) is 9.00. The third-order valence-corrected chi connectivity index (χ3v) is 3.68. The molecule has 0 saturated carbocycles. The lowest BCUT2D eigenvalue weighted by molar-refractivity contribution is -0.383. The second-order valence-corrected chi connectivity index (χ2v) is 5.87. The van der Waals surface area contributed by atoms with Gasteiger partial charge in [-0.05, 0) is 43.7 Å². The second-order valence-electron chi connectivity index (χ2n) is 5.87. The van der Waals surface area contributed by atoms with E-state index in [0.29, 0.717) is 5.69 Å². The van der Waals surface area contributed by atoms with Gasteiger partial charge in [-0.2, -0.15) is 9.97 Å². The Hall–Kier alpha value is -3.68. The zero-order valence-electron chi connectivity index (χ0n) is 14.4. The minimum atomic E-state index is -0.594. The van der Waals surface area contributed by atoms with Crippen molar-refractivity contribution in [3.63, 3.8) is 0 Å². The molecule has 3 aromatic rings. The molecule has 0 aliphatic heterocycles. The standard InChI is InChI=1S/C18H18N6O2/c1-11-6-8-13(9-7-11)21-18-22-16(19)15(24(25)26)17(23-18)20-14-5-3-4-12(2)10-14/h3-10H,1-2H3,(H4,19,20,21,22,23). The highest BCUT2D eigenvalue weighted by Gasteiger charge is 2.23. The maximum Gasteiger partial charge on any atom is 0.353 e. The smallest absolute Gasteiger partial charge is 0.353 e. The van der Waals surface area contributed by atoms with Crippen LogP contribution in [0.5, 0.6) is 0 Å².